The number of sulfonamides is 1. The SMILES string of the molecule is Nc1ccc(O)c(CNS(=O)(=O)c2ccc(Cl)cc2)c1. The average molecular weight is 313 g/mol. The lowest BCUT2D eigenvalue weighted by atomic mass is 10.2. The van der Waals surface area contributed by atoms with Crippen molar-refractivity contribution < 1.29 is 13.5 Å². The Hall–Kier alpha value is -1.76. The Bertz CT molecular complexity index is 715. The predicted octanol–water partition coefficient (Wildman–Crippen LogP) is 2.11. The number of anilines is 1. The minimum Gasteiger partial charge on any atom is -0.508 e. The molecule has 7 heteroatoms. The number of rotatable bonds is 4. The Morgan fingerprint density at radius 2 is 1.80 bits per heavy atom. The summed E-state index contributed by atoms with van der Waals surface area (Å²) < 4.78 is 26.5. The maximum Gasteiger partial charge on any atom is 0.240 e. The number of phenols is 1. The van der Waals surface area contributed by atoms with Gasteiger partial charge in [-0.25, -0.2) is 13.1 Å². The van der Waals surface area contributed by atoms with Crippen LogP contribution in [0.5, 0.6) is 5.75 Å². The van der Waals surface area contributed by atoms with Crippen LogP contribution in [0.15, 0.2) is 47.4 Å². The minimum atomic E-state index is -3.67. The van der Waals surface area contributed by atoms with Gasteiger partial charge in [-0.1, -0.05) is 11.6 Å². The Morgan fingerprint density at radius 3 is 2.45 bits per heavy atom. The molecule has 20 heavy (non-hydrogen) atoms. The highest BCUT2D eigenvalue weighted by molar-refractivity contribution is 7.89. The van der Waals surface area contributed by atoms with Gasteiger partial charge in [0, 0.05) is 22.8 Å². The molecule has 0 fully saturated rings. The lowest BCUT2D eigenvalue weighted by Crippen LogP contribution is -2.23. The average Bonchev–Trinajstić information content (AvgIpc) is 2.40. The topological polar surface area (TPSA) is 92.4 Å². The number of hydrogen-bond donors (Lipinski definition) is 3. The Labute approximate surface area is 122 Å². The summed E-state index contributed by atoms with van der Waals surface area (Å²) in [6.07, 6.45) is 0. The van der Waals surface area contributed by atoms with Gasteiger partial charge < -0.3 is 10.8 Å². The molecule has 0 saturated carbocycles. The molecular weight excluding hydrogens is 300 g/mol. The van der Waals surface area contributed by atoms with Crippen molar-refractivity contribution in [3.05, 3.63) is 53.1 Å². The molecule has 0 aliphatic carbocycles. The summed E-state index contributed by atoms with van der Waals surface area (Å²) in [4.78, 5) is 0.102. The molecule has 2 aromatic carbocycles. The van der Waals surface area contributed by atoms with E-state index in [0.717, 1.165) is 0 Å². The van der Waals surface area contributed by atoms with Crippen LogP contribution in [-0.2, 0) is 16.6 Å². The van der Waals surface area contributed by atoms with Crippen molar-refractivity contribution >= 4 is 27.3 Å². The van der Waals surface area contributed by atoms with Crippen LogP contribution in [0.25, 0.3) is 0 Å². The van der Waals surface area contributed by atoms with Gasteiger partial charge in [-0.2, -0.15) is 0 Å². The van der Waals surface area contributed by atoms with E-state index in [1.165, 1.54) is 42.5 Å². The fraction of sp³-hybridized carbons (Fsp3) is 0.0769. The van der Waals surface area contributed by atoms with Crippen molar-refractivity contribution in [3.63, 3.8) is 0 Å². The van der Waals surface area contributed by atoms with Crippen LogP contribution in [0.4, 0.5) is 5.69 Å². The molecule has 0 atom stereocenters. The summed E-state index contributed by atoms with van der Waals surface area (Å²) in [6.45, 7) is -0.0537. The van der Waals surface area contributed by atoms with Crippen LogP contribution in [-0.4, -0.2) is 13.5 Å². The highest BCUT2D eigenvalue weighted by atomic mass is 35.5. The highest BCUT2D eigenvalue weighted by Gasteiger charge is 2.14. The summed E-state index contributed by atoms with van der Waals surface area (Å²) in [6, 6.07) is 10.3. The van der Waals surface area contributed by atoms with Crippen LogP contribution in [0.2, 0.25) is 5.02 Å². The number of benzene rings is 2. The number of hydrogen-bond acceptors (Lipinski definition) is 4. The number of aromatic hydroxyl groups is 1. The van der Waals surface area contributed by atoms with Gasteiger partial charge in [-0.05, 0) is 42.5 Å². The number of nitrogen functional groups attached to an aromatic ring is 1. The van der Waals surface area contributed by atoms with E-state index >= 15 is 0 Å². The lowest BCUT2D eigenvalue weighted by molar-refractivity contribution is 0.467. The van der Waals surface area contributed by atoms with Gasteiger partial charge >= 0.3 is 0 Å². The molecule has 0 bridgehead atoms. The second kappa shape index (κ2) is 5.70. The zero-order chi connectivity index (χ0) is 14.8. The number of halogens is 1. The maximum absolute atomic E-state index is 12.0. The first-order valence-corrected chi connectivity index (χ1v) is 7.57. The first-order chi connectivity index (χ1) is 9.38. The fourth-order valence-corrected chi connectivity index (χ4v) is 2.75. The maximum atomic E-state index is 12.0. The first-order valence-electron chi connectivity index (χ1n) is 5.71. The molecule has 4 N–H and O–H groups in total. The van der Waals surface area contributed by atoms with Gasteiger partial charge in [0.1, 0.15) is 5.75 Å². The molecule has 0 aromatic heterocycles. The zero-order valence-electron chi connectivity index (χ0n) is 10.4. The van der Waals surface area contributed by atoms with Crippen molar-refractivity contribution in [3.8, 4) is 5.75 Å². The van der Waals surface area contributed by atoms with E-state index in [4.69, 9.17) is 17.3 Å². The monoisotopic (exact) mass is 312 g/mol. The van der Waals surface area contributed by atoms with E-state index in [0.29, 0.717) is 16.3 Å². The molecule has 0 heterocycles. The second-order valence-corrected chi connectivity index (χ2v) is 6.37. The van der Waals surface area contributed by atoms with Crippen molar-refractivity contribution in [2.24, 2.45) is 0 Å². The van der Waals surface area contributed by atoms with Crippen molar-refractivity contribution in [2.75, 3.05) is 5.73 Å². The van der Waals surface area contributed by atoms with Crippen LogP contribution in [0.1, 0.15) is 5.56 Å². The molecule has 2 aromatic rings. The molecule has 0 radical (unpaired) electrons. The fourth-order valence-electron chi connectivity index (χ4n) is 1.62. The van der Waals surface area contributed by atoms with Gasteiger partial charge in [0.05, 0.1) is 4.90 Å². The molecule has 0 spiro atoms. The van der Waals surface area contributed by atoms with Crippen molar-refractivity contribution in [2.45, 2.75) is 11.4 Å². The van der Waals surface area contributed by atoms with E-state index < -0.39 is 10.0 Å². The molecule has 106 valence electrons. The van der Waals surface area contributed by atoms with Gasteiger partial charge in [-0.3, -0.25) is 0 Å². The van der Waals surface area contributed by atoms with Gasteiger partial charge in [-0.15, -0.1) is 0 Å². The van der Waals surface area contributed by atoms with Gasteiger partial charge in [0.25, 0.3) is 0 Å². The lowest BCUT2D eigenvalue weighted by Gasteiger charge is -2.09. The van der Waals surface area contributed by atoms with E-state index in [2.05, 4.69) is 4.72 Å². The predicted molar refractivity (Wildman–Crippen MR) is 78.0 cm³/mol. The number of nitrogens with one attached hydrogen (secondary N) is 1. The van der Waals surface area contributed by atoms with Crippen LogP contribution in [0.3, 0.4) is 0 Å². The largest absolute Gasteiger partial charge is 0.508 e. The molecule has 0 saturated heterocycles. The van der Waals surface area contributed by atoms with Gasteiger partial charge in [0.2, 0.25) is 10.0 Å². The Balaban J connectivity index is 2.17. The van der Waals surface area contributed by atoms with E-state index in [1.807, 2.05) is 0 Å². The van der Waals surface area contributed by atoms with Gasteiger partial charge in [0.15, 0.2) is 0 Å². The third kappa shape index (κ3) is 3.41. The summed E-state index contributed by atoms with van der Waals surface area (Å²) in [7, 11) is -3.67. The molecular formula is C13H13ClN2O3S. The van der Waals surface area contributed by atoms with E-state index in [-0.39, 0.29) is 17.2 Å². The van der Waals surface area contributed by atoms with Crippen LogP contribution in [0, 0.1) is 0 Å². The minimum absolute atomic E-state index is 0.0157. The van der Waals surface area contributed by atoms with Crippen LogP contribution < -0.4 is 10.5 Å². The summed E-state index contributed by atoms with van der Waals surface area (Å²) in [5.41, 5.74) is 6.44. The summed E-state index contributed by atoms with van der Waals surface area (Å²) in [5, 5.41) is 10.1. The zero-order valence-corrected chi connectivity index (χ0v) is 11.9. The van der Waals surface area contributed by atoms with E-state index in [1.54, 1.807) is 0 Å². The molecule has 0 unspecified atom stereocenters. The standard InChI is InChI=1S/C13H13ClN2O3S/c14-10-1-4-12(5-2-10)20(18,19)16-8-9-7-11(15)3-6-13(9)17/h1-7,16-17H,8,15H2. The Morgan fingerprint density at radius 1 is 1.15 bits per heavy atom. The number of nitrogens with two attached hydrogens (primary N) is 1. The summed E-state index contributed by atoms with van der Waals surface area (Å²) in [5.74, 6) is -0.0157. The normalized spacial score (nSPS) is 11.4. The highest BCUT2D eigenvalue weighted by Crippen LogP contribution is 2.20. The van der Waals surface area contributed by atoms with Crippen molar-refractivity contribution in [1.29, 1.82) is 0 Å². The second-order valence-electron chi connectivity index (χ2n) is 4.17. The van der Waals surface area contributed by atoms with Crippen LogP contribution >= 0.6 is 11.6 Å². The smallest absolute Gasteiger partial charge is 0.240 e. The molecule has 0 aliphatic heterocycles. The molecule has 0 amide bonds. The number of phenolic OH excluding ortho intramolecular Hbond substituents is 1. The van der Waals surface area contributed by atoms with Crippen molar-refractivity contribution in [1.82, 2.24) is 4.72 Å². The molecule has 0 aliphatic rings. The summed E-state index contributed by atoms with van der Waals surface area (Å²) >= 11 is 5.71. The third-order valence-electron chi connectivity index (χ3n) is 2.68. The first kappa shape index (κ1) is 14.6. The van der Waals surface area contributed by atoms with E-state index in [9.17, 15) is 13.5 Å². The molecule has 5 nitrogen and oxygen atoms in total. The molecule has 2 rings (SSSR count). The Kier molecular flexibility index (Phi) is 4.17. The third-order valence-corrected chi connectivity index (χ3v) is 4.35. The quantitative estimate of drug-likeness (QED) is 0.595.